The highest BCUT2D eigenvalue weighted by Gasteiger charge is 2.11. The second-order valence-electron chi connectivity index (χ2n) is 4.38. The van der Waals surface area contributed by atoms with Crippen LogP contribution in [-0.4, -0.2) is 5.11 Å². The minimum Gasteiger partial charge on any atom is -0.488 e. The number of hydrogen-bond donors (Lipinski definition) is 1. The van der Waals surface area contributed by atoms with Crippen molar-refractivity contribution in [3.8, 4) is 5.75 Å². The van der Waals surface area contributed by atoms with Crippen molar-refractivity contribution < 1.29 is 14.2 Å². The van der Waals surface area contributed by atoms with Gasteiger partial charge in [-0.05, 0) is 37.3 Å². The van der Waals surface area contributed by atoms with Crippen molar-refractivity contribution in [2.24, 2.45) is 0 Å². The molecule has 20 heavy (non-hydrogen) atoms. The van der Waals surface area contributed by atoms with Crippen LogP contribution in [0.2, 0.25) is 5.02 Å². The maximum Gasteiger partial charge on any atom is 0.131 e. The molecule has 0 aliphatic rings. The summed E-state index contributed by atoms with van der Waals surface area (Å²) in [5.74, 6) is 0.116. The molecule has 1 N–H and O–H groups in total. The van der Waals surface area contributed by atoms with E-state index < -0.39 is 11.9 Å². The van der Waals surface area contributed by atoms with Gasteiger partial charge in [0.15, 0.2) is 0 Å². The summed E-state index contributed by atoms with van der Waals surface area (Å²) in [6, 6.07) is 9.76. The molecule has 1 atom stereocenters. The Bertz CT molecular complexity index is 617. The monoisotopic (exact) mass is 358 g/mol. The minimum atomic E-state index is -0.669. The molecule has 0 unspecified atom stereocenters. The number of rotatable bonds is 4. The van der Waals surface area contributed by atoms with Gasteiger partial charge in [0.25, 0.3) is 0 Å². The van der Waals surface area contributed by atoms with Crippen molar-refractivity contribution in [1.82, 2.24) is 0 Å². The summed E-state index contributed by atoms with van der Waals surface area (Å²) in [6.45, 7) is 1.72. The second kappa shape index (κ2) is 6.57. The highest BCUT2D eigenvalue weighted by molar-refractivity contribution is 9.10. The lowest BCUT2D eigenvalue weighted by molar-refractivity contribution is 0.189. The first kappa shape index (κ1) is 15.3. The van der Waals surface area contributed by atoms with Crippen LogP contribution in [0.4, 0.5) is 4.39 Å². The van der Waals surface area contributed by atoms with Gasteiger partial charge in [-0.25, -0.2) is 4.39 Å². The van der Waals surface area contributed by atoms with Gasteiger partial charge in [-0.2, -0.15) is 0 Å². The summed E-state index contributed by atoms with van der Waals surface area (Å²) in [4.78, 5) is 0. The van der Waals surface area contributed by atoms with E-state index in [9.17, 15) is 9.50 Å². The fourth-order valence-corrected chi connectivity index (χ4v) is 2.31. The lowest BCUT2D eigenvalue weighted by Gasteiger charge is -2.14. The van der Waals surface area contributed by atoms with Gasteiger partial charge in [-0.1, -0.05) is 33.6 Å². The van der Waals surface area contributed by atoms with Crippen molar-refractivity contribution in [3.63, 3.8) is 0 Å². The third-order valence-corrected chi connectivity index (χ3v) is 3.55. The lowest BCUT2D eigenvalue weighted by atomic mass is 10.1. The Morgan fingerprint density at radius 2 is 2.05 bits per heavy atom. The molecule has 2 aromatic carbocycles. The molecule has 0 aliphatic carbocycles. The van der Waals surface area contributed by atoms with Gasteiger partial charge in [-0.3, -0.25) is 0 Å². The second-order valence-corrected chi connectivity index (χ2v) is 5.73. The van der Waals surface area contributed by atoms with Crippen molar-refractivity contribution in [1.29, 1.82) is 0 Å². The summed E-state index contributed by atoms with van der Waals surface area (Å²) in [5, 5.41) is 10.1. The Labute approximate surface area is 130 Å². The topological polar surface area (TPSA) is 29.5 Å². The predicted octanol–water partition coefficient (Wildman–Crippen LogP) is 4.87. The Balaban J connectivity index is 2.18. The number of aliphatic hydroxyl groups is 1. The molecule has 0 saturated heterocycles. The van der Waals surface area contributed by atoms with Crippen molar-refractivity contribution in [2.75, 3.05) is 0 Å². The van der Waals surface area contributed by atoms with E-state index >= 15 is 0 Å². The van der Waals surface area contributed by atoms with E-state index in [0.29, 0.717) is 21.9 Å². The van der Waals surface area contributed by atoms with Gasteiger partial charge in [0, 0.05) is 20.6 Å². The number of aliphatic hydroxyl groups excluding tert-OH is 1. The Hall–Kier alpha value is -1.10. The van der Waals surface area contributed by atoms with Gasteiger partial charge in [-0.15, -0.1) is 0 Å². The summed E-state index contributed by atoms with van der Waals surface area (Å²) in [6.07, 6.45) is -0.669. The van der Waals surface area contributed by atoms with E-state index in [-0.39, 0.29) is 6.61 Å². The summed E-state index contributed by atoms with van der Waals surface area (Å²) >= 11 is 9.04. The zero-order chi connectivity index (χ0) is 14.7. The standard InChI is InChI=1S/C15H13BrClFO2/c1-9(19)13-6-11(16)3-5-15(13)20-8-10-2-4-12(17)7-14(10)18/h2-7,9,19H,8H2,1H3/t9-/m1/s1. The molecular formula is C15H13BrClFO2. The van der Waals surface area contributed by atoms with E-state index in [0.717, 1.165) is 4.47 Å². The fraction of sp³-hybridized carbons (Fsp3) is 0.200. The Kier molecular flexibility index (Phi) is 5.02. The Morgan fingerprint density at radius 1 is 1.30 bits per heavy atom. The van der Waals surface area contributed by atoms with E-state index in [1.54, 1.807) is 37.3 Å². The lowest BCUT2D eigenvalue weighted by Crippen LogP contribution is -2.02. The molecule has 0 spiro atoms. The van der Waals surface area contributed by atoms with E-state index in [2.05, 4.69) is 15.9 Å². The summed E-state index contributed by atoms with van der Waals surface area (Å²) in [7, 11) is 0. The van der Waals surface area contributed by atoms with Crippen LogP contribution in [0.3, 0.4) is 0 Å². The molecule has 0 bridgehead atoms. The van der Waals surface area contributed by atoms with Crippen LogP contribution in [0, 0.1) is 5.82 Å². The first-order valence-electron chi connectivity index (χ1n) is 6.01. The number of benzene rings is 2. The largest absolute Gasteiger partial charge is 0.488 e. The smallest absolute Gasteiger partial charge is 0.131 e. The molecule has 0 aliphatic heterocycles. The molecular weight excluding hydrogens is 347 g/mol. The van der Waals surface area contributed by atoms with Gasteiger partial charge in [0.2, 0.25) is 0 Å². The first-order valence-corrected chi connectivity index (χ1v) is 7.18. The first-order chi connectivity index (χ1) is 9.47. The summed E-state index contributed by atoms with van der Waals surface area (Å²) in [5.41, 5.74) is 1.06. The normalized spacial score (nSPS) is 12.2. The average Bonchev–Trinajstić information content (AvgIpc) is 2.38. The third kappa shape index (κ3) is 3.72. The highest BCUT2D eigenvalue weighted by atomic mass is 79.9. The quantitative estimate of drug-likeness (QED) is 0.843. The SMILES string of the molecule is C[C@@H](O)c1cc(Br)ccc1OCc1ccc(Cl)cc1F. The van der Waals surface area contributed by atoms with E-state index in [4.69, 9.17) is 16.3 Å². The predicted molar refractivity (Wildman–Crippen MR) is 80.5 cm³/mol. The molecule has 0 heterocycles. The molecule has 2 aromatic rings. The number of ether oxygens (including phenoxy) is 1. The van der Waals surface area contributed by atoms with Gasteiger partial charge >= 0.3 is 0 Å². The highest BCUT2D eigenvalue weighted by Crippen LogP contribution is 2.29. The zero-order valence-electron chi connectivity index (χ0n) is 10.7. The molecule has 2 nitrogen and oxygen atoms in total. The maximum atomic E-state index is 13.7. The molecule has 5 heteroatoms. The van der Waals surface area contributed by atoms with Gasteiger partial charge in [0.1, 0.15) is 18.2 Å². The van der Waals surface area contributed by atoms with Crippen LogP contribution in [0.5, 0.6) is 5.75 Å². The average molecular weight is 360 g/mol. The summed E-state index contributed by atoms with van der Waals surface area (Å²) < 4.78 is 20.1. The molecule has 0 saturated carbocycles. The molecule has 106 valence electrons. The van der Waals surface area contributed by atoms with E-state index in [1.165, 1.54) is 6.07 Å². The molecule has 0 amide bonds. The van der Waals surface area contributed by atoms with Crippen LogP contribution in [0.1, 0.15) is 24.2 Å². The number of halogens is 3. The fourth-order valence-electron chi connectivity index (χ4n) is 1.77. The third-order valence-electron chi connectivity index (χ3n) is 2.82. The Morgan fingerprint density at radius 3 is 2.70 bits per heavy atom. The van der Waals surface area contributed by atoms with Gasteiger partial charge in [0.05, 0.1) is 6.10 Å². The molecule has 2 rings (SSSR count). The van der Waals surface area contributed by atoms with Crippen LogP contribution < -0.4 is 4.74 Å². The van der Waals surface area contributed by atoms with Crippen molar-refractivity contribution in [2.45, 2.75) is 19.6 Å². The van der Waals surface area contributed by atoms with Crippen LogP contribution in [0.15, 0.2) is 40.9 Å². The minimum absolute atomic E-state index is 0.0738. The van der Waals surface area contributed by atoms with Gasteiger partial charge < -0.3 is 9.84 Å². The van der Waals surface area contributed by atoms with E-state index in [1.807, 2.05) is 0 Å². The van der Waals surface area contributed by atoms with Crippen LogP contribution in [0.25, 0.3) is 0 Å². The van der Waals surface area contributed by atoms with Crippen LogP contribution >= 0.6 is 27.5 Å². The molecule has 0 aromatic heterocycles. The number of hydrogen-bond acceptors (Lipinski definition) is 2. The van der Waals surface area contributed by atoms with Crippen molar-refractivity contribution >= 4 is 27.5 Å². The zero-order valence-corrected chi connectivity index (χ0v) is 13.1. The molecule has 0 radical (unpaired) electrons. The molecule has 0 fully saturated rings. The maximum absolute atomic E-state index is 13.7. The van der Waals surface area contributed by atoms with Crippen LogP contribution in [-0.2, 0) is 6.61 Å². The van der Waals surface area contributed by atoms with Crippen molar-refractivity contribution in [3.05, 3.63) is 62.8 Å².